The largest absolute Gasteiger partial charge is 0.466 e. The van der Waals surface area contributed by atoms with E-state index in [2.05, 4.69) is 15.9 Å². The summed E-state index contributed by atoms with van der Waals surface area (Å²) in [6, 6.07) is 3.52. The molecule has 0 spiro atoms. The van der Waals surface area contributed by atoms with Crippen LogP contribution >= 0.6 is 27.3 Å². The maximum Gasteiger partial charge on any atom is 0.317 e. The minimum atomic E-state index is -1.60. The zero-order valence-electron chi connectivity index (χ0n) is 14.3. The van der Waals surface area contributed by atoms with Crippen molar-refractivity contribution < 1.29 is 29.0 Å². The van der Waals surface area contributed by atoms with E-state index in [9.17, 15) is 19.5 Å². The molecule has 1 aromatic rings. The Hall–Kier alpha value is -1.25. The van der Waals surface area contributed by atoms with Crippen LogP contribution < -0.4 is 0 Å². The quantitative estimate of drug-likeness (QED) is 0.568. The van der Waals surface area contributed by atoms with Crippen molar-refractivity contribution in [2.75, 3.05) is 13.2 Å². The van der Waals surface area contributed by atoms with Crippen LogP contribution in [0, 0.1) is 11.8 Å². The van der Waals surface area contributed by atoms with Gasteiger partial charge in [0.05, 0.1) is 28.5 Å². The van der Waals surface area contributed by atoms with Gasteiger partial charge in [-0.15, -0.1) is 11.3 Å². The Labute approximate surface area is 158 Å². The molecule has 1 saturated carbocycles. The second-order valence-corrected chi connectivity index (χ2v) is 8.62. The number of thiophene rings is 1. The Morgan fingerprint density at radius 3 is 2.40 bits per heavy atom. The van der Waals surface area contributed by atoms with Crippen LogP contribution in [0.15, 0.2) is 15.9 Å². The number of carbonyl (C=O) groups is 3. The van der Waals surface area contributed by atoms with Crippen molar-refractivity contribution in [3.8, 4) is 0 Å². The standard InChI is InChI=1S/C17H21BrO6S/c1-4-23-15(20)12-9(19)8-17(3,22)14(16(21)24-5-2)13(12)10-6-7-11(18)25-10/h6-7,12-14,22H,4-5,8H2,1-3H3/t12-,13+,14-,17+/m1/s1. The van der Waals surface area contributed by atoms with Gasteiger partial charge in [-0.25, -0.2) is 0 Å². The van der Waals surface area contributed by atoms with Crippen LogP contribution in [0.25, 0.3) is 0 Å². The van der Waals surface area contributed by atoms with Crippen molar-refractivity contribution in [2.24, 2.45) is 11.8 Å². The average molecular weight is 433 g/mol. The van der Waals surface area contributed by atoms with Gasteiger partial charge >= 0.3 is 11.9 Å². The Balaban J connectivity index is 2.56. The molecule has 0 radical (unpaired) electrons. The highest BCUT2D eigenvalue weighted by atomic mass is 79.9. The monoisotopic (exact) mass is 432 g/mol. The molecular weight excluding hydrogens is 412 g/mol. The van der Waals surface area contributed by atoms with Crippen molar-refractivity contribution in [3.05, 3.63) is 20.8 Å². The van der Waals surface area contributed by atoms with Gasteiger partial charge in [0.15, 0.2) is 5.78 Å². The lowest BCUT2D eigenvalue weighted by molar-refractivity contribution is -0.172. The number of hydrogen-bond acceptors (Lipinski definition) is 7. The summed E-state index contributed by atoms with van der Waals surface area (Å²) in [6.07, 6.45) is -0.303. The molecule has 6 nitrogen and oxygen atoms in total. The summed E-state index contributed by atoms with van der Waals surface area (Å²) in [4.78, 5) is 38.3. The van der Waals surface area contributed by atoms with Gasteiger partial charge in [0.25, 0.3) is 0 Å². The van der Waals surface area contributed by atoms with Crippen molar-refractivity contribution in [1.29, 1.82) is 0 Å². The lowest BCUT2D eigenvalue weighted by Gasteiger charge is -2.43. The number of rotatable bonds is 5. The topological polar surface area (TPSA) is 89.9 Å². The molecule has 0 unspecified atom stereocenters. The second-order valence-electron chi connectivity index (χ2n) is 6.13. The third kappa shape index (κ3) is 4.12. The first-order valence-corrected chi connectivity index (χ1v) is 9.67. The number of carbonyl (C=O) groups excluding carboxylic acids is 3. The van der Waals surface area contributed by atoms with Crippen LogP contribution in [0.5, 0.6) is 0 Å². The molecule has 1 fully saturated rings. The summed E-state index contributed by atoms with van der Waals surface area (Å²) in [5.41, 5.74) is -1.60. The van der Waals surface area contributed by atoms with Crippen molar-refractivity contribution in [2.45, 2.75) is 38.7 Å². The zero-order chi connectivity index (χ0) is 18.8. The van der Waals surface area contributed by atoms with E-state index in [0.717, 1.165) is 3.79 Å². The number of esters is 2. The first kappa shape index (κ1) is 20.1. The Morgan fingerprint density at radius 1 is 1.28 bits per heavy atom. The molecule has 0 aromatic carbocycles. The van der Waals surface area contributed by atoms with E-state index in [1.807, 2.05) is 0 Å². The molecule has 0 aliphatic heterocycles. The van der Waals surface area contributed by atoms with E-state index in [1.54, 1.807) is 26.0 Å². The highest BCUT2D eigenvalue weighted by molar-refractivity contribution is 9.11. The fourth-order valence-corrected chi connectivity index (χ4v) is 4.93. The number of ketones is 1. The molecule has 2 rings (SSSR count). The van der Waals surface area contributed by atoms with Gasteiger partial charge in [-0.05, 0) is 48.8 Å². The maximum absolute atomic E-state index is 12.6. The van der Waals surface area contributed by atoms with E-state index in [-0.39, 0.29) is 19.6 Å². The molecule has 25 heavy (non-hydrogen) atoms. The zero-order valence-corrected chi connectivity index (χ0v) is 16.7. The Bertz CT molecular complexity index is 668. The maximum atomic E-state index is 12.6. The van der Waals surface area contributed by atoms with Gasteiger partial charge in [0, 0.05) is 17.2 Å². The van der Waals surface area contributed by atoms with E-state index >= 15 is 0 Å². The SMILES string of the molecule is CCOC(=O)[C@@H]1C(=O)C[C@](C)(O)[C@@H](C(=O)OCC)[C@H]1c1ccc(Br)s1. The van der Waals surface area contributed by atoms with Crippen LogP contribution in [0.4, 0.5) is 0 Å². The lowest BCUT2D eigenvalue weighted by atomic mass is 9.63. The predicted octanol–water partition coefficient (Wildman–Crippen LogP) is 2.68. The normalized spacial score (nSPS) is 29.3. The molecule has 8 heteroatoms. The van der Waals surface area contributed by atoms with Gasteiger partial charge in [0.1, 0.15) is 5.92 Å². The molecule has 0 amide bonds. The summed E-state index contributed by atoms with van der Waals surface area (Å²) in [5, 5.41) is 10.8. The molecule has 0 saturated heterocycles. The number of ether oxygens (including phenoxy) is 2. The number of Topliss-reactive ketones (excluding diaryl/α,β-unsaturated/α-hetero) is 1. The average Bonchev–Trinajstić information content (AvgIpc) is 2.92. The molecule has 0 bridgehead atoms. The highest BCUT2D eigenvalue weighted by Gasteiger charge is 2.57. The Morgan fingerprint density at radius 2 is 1.88 bits per heavy atom. The summed E-state index contributed by atoms with van der Waals surface area (Å²) < 4.78 is 11.0. The predicted molar refractivity (Wildman–Crippen MR) is 95.3 cm³/mol. The van der Waals surface area contributed by atoms with E-state index in [4.69, 9.17) is 9.47 Å². The third-order valence-corrected chi connectivity index (χ3v) is 6.00. The van der Waals surface area contributed by atoms with Crippen molar-refractivity contribution >= 4 is 45.0 Å². The molecule has 1 heterocycles. The number of aliphatic hydroxyl groups is 1. The number of hydrogen-bond donors (Lipinski definition) is 1. The minimum Gasteiger partial charge on any atom is -0.466 e. The fraction of sp³-hybridized carbons (Fsp3) is 0.588. The van der Waals surface area contributed by atoms with Gasteiger partial charge < -0.3 is 14.6 Å². The summed E-state index contributed by atoms with van der Waals surface area (Å²) >= 11 is 4.67. The molecular formula is C17H21BrO6S. The van der Waals surface area contributed by atoms with Gasteiger partial charge in [0.2, 0.25) is 0 Å². The molecule has 1 aliphatic rings. The molecule has 1 aliphatic carbocycles. The highest BCUT2D eigenvalue weighted by Crippen LogP contribution is 2.48. The van der Waals surface area contributed by atoms with Crippen molar-refractivity contribution in [1.82, 2.24) is 0 Å². The second kappa shape index (κ2) is 7.97. The Kier molecular flexibility index (Phi) is 6.40. The first-order chi connectivity index (χ1) is 11.7. The van der Waals surface area contributed by atoms with Crippen molar-refractivity contribution in [3.63, 3.8) is 0 Å². The van der Waals surface area contributed by atoms with Crippen LogP contribution in [0.1, 0.15) is 38.0 Å². The fourth-order valence-electron chi connectivity index (χ4n) is 3.33. The van der Waals surface area contributed by atoms with Gasteiger partial charge in [-0.2, -0.15) is 0 Å². The van der Waals surface area contributed by atoms with E-state index < -0.39 is 41.1 Å². The first-order valence-electron chi connectivity index (χ1n) is 8.06. The molecule has 138 valence electrons. The van der Waals surface area contributed by atoms with Crippen LogP contribution in [-0.4, -0.2) is 41.6 Å². The molecule has 1 aromatic heterocycles. The lowest BCUT2D eigenvalue weighted by Crippen LogP contribution is -2.55. The summed E-state index contributed by atoms with van der Waals surface area (Å²) in [6.45, 7) is 5.03. The van der Waals surface area contributed by atoms with Gasteiger partial charge in [-0.3, -0.25) is 14.4 Å². The summed E-state index contributed by atoms with van der Waals surface area (Å²) in [5.74, 6) is -4.73. The molecule has 4 atom stereocenters. The summed E-state index contributed by atoms with van der Waals surface area (Å²) in [7, 11) is 0. The van der Waals surface area contributed by atoms with Crippen LogP contribution in [0.3, 0.4) is 0 Å². The van der Waals surface area contributed by atoms with Crippen LogP contribution in [0.2, 0.25) is 0 Å². The van der Waals surface area contributed by atoms with E-state index in [0.29, 0.717) is 4.88 Å². The smallest absolute Gasteiger partial charge is 0.317 e. The van der Waals surface area contributed by atoms with Gasteiger partial charge in [-0.1, -0.05) is 0 Å². The third-order valence-electron chi connectivity index (χ3n) is 4.27. The molecule has 1 N–H and O–H groups in total. The van der Waals surface area contributed by atoms with E-state index in [1.165, 1.54) is 18.3 Å². The van der Waals surface area contributed by atoms with Crippen LogP contribution in [-0.2, 0) is 23.9 Å². The minimum absolute atomic E-state index is 0.129. The number of halogens is 1.